The van der Waals surface area contributed by atoms with E-state index in [4.69, 9.17) is 4.74 Å². The molecule has 0 aromatic heterocycles. The van der Waals surface area contributed by atoms with Crippen LogP contribution in [0.1, 0.15) is 36.5 Å². The number of hydrogen-bond donors (Lipinski definition) is 2. The Bertz CT molecular complexity index is 1170. The number of aryl methyl sites for hydroxylation is 2. The summed E-state index contributed by atoms with van der Waals surface area (Å²) in [4.78, 5) is 24.6. The quantitative estimate of drug-likeness (QED) is 0.698. The lowest BCUT2D eigenvalue weighted by molar-refractivity contribution is -0.126. The van der Waals surface area contributed by atoms with Crippen LogP contribution in [0.5, 0.6) is 5.75 Å². The van der Waals surface area contributed by atoms with Gasteiger partial charge in [-0.15, -0.1) is 0 Å². The minimum Gasteiger partial charge on any atom is -0.479 e. The molecular weight excluding hydrogens is 442 g/mol. The fourth-order valence-corrected chi connectivity index (χ4v) is 5.85. The van der Waals surface area contributed by atoms with E-state index in [0.29, 0.717) is 36.4 Å². The van der Waals surface area contributed by atoms with Crippen LogP contribution in [-0.4, -0.2) is 43.7 Å². The number of benzene rings is 2. The zero-order valence-electron chi connectivity index (χ0n) is 19.1. The molecule has 2 heterocycles. The first-order valence-electron chi connectivity index (χ1n) is 11.1. The number of anilines is 1. The number of piperidine rings is 1. The molecule has 2 aliphatic rings. The molecule has 0 unspecified atom stereocenters. The number of sulfonamides is 1. The van der Waals surface area contributed by atoms with Gasteiger partial charge in [0.05, 0.1) is 10.6 Å². The topological polar surface area (TPSA) is 105 Å². The second-order valence-electron chi connectivity index (χ2n) is 8.74. The number of carbonyl (C=O) groups is 2. The Kier molecular flexibility index (Phi) is 6.45. The highest BCUT2D eigenvalue weighted by Gasteiger charge is 2.34. The van der Waals surface area contributed by atoms with Gasteiger partial charge in [-0.1, -0.05) is 29.8 Å². The van der Waals surface area contributed by atoms with E-state index in [1.54, 1.807) is 19.9 Å². The molecule has 33 heavy (non-hydrogen) atoms. The number of carbonyl (C=O) groups excluding carboxylic acids is 2. The smallest absolute Gasteiger partial charge is 0.265 e. The minimum absolute atomic E-state index is 0.0456. The van der Waals surface area contributed by atoms with Gasteiger partial charge in [0.2, 0.25) is 15.9 Å². The number of hydrogen-bond acceptors (Lipinski definition) is 5. The summed E-state index contributed by atoms with van der Waals surface area (Å²) in [5.74, 6) is -0.182. The Morgan fingerprint density at radius 1 is 1.15 bits per heavy atom. The lowest BCUT2D eigenvalue weighted by Crippen LogP contribution is -2.43. The Morgan fingerprint density at radius 2 is 1.82 bits per heavy atom. The van der Waals surface area contributed by atoms with E-state index >= 15 is 0 Å². The molecule has 8 nitrogen and oxygen atoms in total. The Balaban J connectivity index is 1.40. The molecule has 2 aromatic rings. The monoisotopic (exact) mass is 471 g/mol. The van der Waals surface area contributed by atoms with Crippen molar-refractivity contribution in [2.45, 2.75) is 51.2 Å². The predicted octanol–water partition coefficient (Wildman–Crippen LogP) is 2.74. The summed E-state index contributed by atoms with van der Waals surface area (Å²) < 4.78 is 33.7. The summed E-state index contributed by atoms with van der Waals surface area (Å²) in [6, 6.07) is 11.1. The van der Waals surface area contributed by atoms with Crippen LogP contribution in [0.3, 0.4) is 0 Å². The molecule has 9 heteroatoms. The van der Waals surface area contributed by atoms with E-state index in [-0.39, 0.29) is 35.7 Å². The van der Waals surface area contributed by atoms with Gasteiger partial charge in [-0.25, -0.2) is 8.42 Å². The molecule has 1 fully saturated rings. The largest absolute Gasteiger partial charge is 0.479 e. The van der Waals surface area contributed by atoms with Crippen LogP contribution < -0.4 is 15.4 Å². The van der Waals surface area contributed by atoms with Crippen LogP contribution in [0.25, 0.3) is 0 Å². The number of fused-ring (bicyclic) bond motifs is 1. The first kappa shape index (κ1) is 23.3. The van der Waals surface area contributed by atoms with E-state index in [0.717, 1.165) is 5.56 Å². The molecular formula is C24H29N3O5S. The highest BCUT2D eigenvalue weighted by molar-refractivity contribution is 7.89. The van der Waals surface area contributed by atoms with Crippen molar-refractivity contribution in [3.63, 3.8) is 0 Å². The molecule has 0 bridgehead atoms. The van der Waals surface area contributed by atoms with Gasteiger partial charge in [0, 0.05) is 31.6 Å². The lowest BCUT2D eigenvalue weighted by atomic mass is 9.97. The van der Waals surface area contributed by atoms with Gasteiger partial charge in [0.1, 0.15) is 5.75 Å². The molecule has 0 spiro atoms. The average molecular weight is 472 g/mol. The molecule has 2 amide bonds. The van der Waals surface area contributed by atoms with Crippen molar-refractivity contribution in [3.05, 3.63) is 53.1 Å². The summed E-state index contributed by atoms with van der Waals surface area (Å²) in [6.45, 7) is 6.33. The Morgan fingerprint density at radius 3 is 2.48 bits per heavy atom. The third kappa shape index (κ3) is 4.89. The van der Waals surface area contributed by atoms with Crippen LogP contribution in [0, 0.1) is 19.8 Å². The summed E-state index contributed by atoms with van der Waals surface area (Å²) >= 11 is 0. The highest BCUT2D eigenvalue weighted by atomic mass is 32.2. The van der Waals surface area contributed by atoms with Gasteiger partial charge in [0.25, 0.3) is 5.91 Å². The number of nitrogens with zero attached hydrogens (tertiary/aromatic N) is 1. The van der Waals surface area contributed by atoms with Crippen LogP contribution >= 0.6 is 0 Å². The van der Waals surface area contributed by atoms with Gasteiger partial charge in [-0.2, -0.15) is 4.31 Å². The van der Waals surface area contributed by atoms with E-state index < -0.39 is 16.1 Å². The Hall–Kier alpha value is -2.91. The highest BCUT2D eigenvalue weighted by Crippen LogP contribution is 2.36. The van der Waals surface area contributed by atoms with Crippen molar-refractivity contribution in [1.29, 1.82) is 0 Å². The standard InChI is InChI=1S/C24H29N3O5S/c1-15-4-6-18(7-5-15)14-25-24(29)19-8-10-27(11-9-19)33(30,31)22-13-21-20(12-16(22)2)26-23(28)17(3)32-21/h4-7,12-13,17,19H,8-11,14H2,1-3H3,(H,25,29)(H,26,28)/t17-/m0/s1. The summed E-state index contributed by atoms with van der Waals surface area (Å²) in [5.41, 5.74) is 3.20. The normalized spacial score (nSPS) is 19.4. The third-order valence-corrected chi connectivity index (χ3v) is 8.28. The predicted molar refractivity (Wildman–Crippen MR) is 124 cm³/mol. The van der Waals surface area contributed by atoms with Crippen LogP contribution in [-0.2, 0) is 26.2 Å². The van der Waals surface area contributed by atoms with Crippen molar-refractivity contribution in [2.24, 2.45) is 5.92 Å². The molecule has 2 aliphatic heterocycles. The van der Waals surface area contributed by atoms with E-state index in [2.05, 4.69) is 10.6 Å². The second kappa shape index (κ2) is 9.15. The molecule has 1 atom stereocenters. The van der Waals surface area contributed by atoms with Gasteiger partial charge < -0.3 is 15.4 Å². The lowest BCUT2D eigenvalue weighted by Gasteiger charge is -2.31. The van der Waals surface area contributed by atoms with Crippen molar-refractivity contribution in [2.75, 3.05) is 18.4 Å². The zero-order valence-corrected chi connectivity index (χ0v) is 19.9. The van der Waals surface area contributed by atoms with Crippen LogP contribution in [0.2, 0.25) is 0 Å². The zero-order chi connectivity index (χ0) is 23.8. The first-order chi connectivity index (χ1) is 15.6. The first-order valence-corrected chi connectivity index (χ1v) is 12.5. The van der Waals surface area contributed by atoms with E-state index in [9.17, 15) is 18.0 Å². The molecule has 0 saturated carbocycles. The average Bonchev–Trinajstić information content (AvgIpc) is 2.79. The van der Waals surface area contributed by atoms with Crippen LogP contribution in [0.15, 0.2) is 41.3 Å². The van der Waals surface area contributed by atoms with Crippen LogP contribution in [0.4, 0.5) is 5.69 Å². The third-order valence-electron chi connectivity index (χ3n) is 6.24. The van der Waals surface area contributed by atoms with Crippen molar-refractivity contribution < 1.29 is 22.7 Å². The van der Waals surface area contributed by atoms with Crippen molar-refractivity contribution >= 4 is 27.5 Å². The number of ether oxygens (including phenoxy) is 1. The SMILES string of the molecule is Cc1ccc(CNC(=O)C2CCN(S(=O)(=O)c3cc4c(cc3C)NC(=O)[C@H](C)O4)CC2)cc1. The number of rotatable bonds is 5. The molecule has 4 rings (SSSR count). The summed E-state index contributed by atoms with van der Waals surface area (Å²) in [6.07, 6.45) is 0.240. The molecule has 0 radical (unpaired) electrons. The molecule has 2 N–H and O–H groups in total. The molecule has 0 aliphatic carbocycles. The molecule has 176 valence electrons. The van der Waals surface area contributed by atoms with Gasteiger partial charge in [-0.3, -0.25) is 9.59 Å². The maximum Gasteiger partial charge on any atom is 0.265 e. The van der Waals surface area contributed by atoms with Crippen molar-refractivity contribution in [1.82, 2.24) is 9.62 Å². The van der Waals surface area contributed by atoms with Gasteiger partial charge in [-0.05, 0) is 50.8 Å². The van der Waals surface area contributed by atoms with Gasteiger partial charge >= 0.3 is 0 Å². The molecule has 1 saturated heterocycles. The Labute approximate surface area is 194 Å². The van der Waals surface area contributed by atoms with E-state index in [1.165, 1.54) is 15.9 Å². The maximum absolute atomic E-state index is 13.3. The van der Waals surface area contributed by atoms with Gasteiger partial charge in [0.15, 0.2) is 6.10 Å². The fourth-order valence-electron chi connectivity index (χ4n) is 4.16. The number of amides is 2. The second-order valence-corrected chi connectivity index (χ2v) is 10.7. The fraction of sp³-hybridized carbons (Fsp3) is 0.417. The summed E-state index contributed by atoms with van der Waals surface area (Å²) in [5, 5.41) is 5.70. The molecule has 2 aromatic carbocycles. The summed E-state index contributed by atoms with van der Waals surface area (Å²) in [7, 11) is -3.76. The minimum atomic E-state index is -3.76. The maximum atomic E-state index is 13.3. The number of nitrogens with one attached hydrogen (secondary N) is 2. The van der Waals surface area contributed by atoms with E-state index in [1.807, 2.05) is 31.2 Å². The van der Waals surface area contributed by atoms with Crippen molar-refractivity contribution in [3.8, 4) is 5.75 Å².